The molecular weight excluding hydrogens is 792 g/mol. The number of esters is 1. The number of hydrogen-bond donors (Lipinski definition) is 1. The molecule has 0 aliphatic carbocycles. The van der Waals surface area contributed by atoms with Gasteiger partial charge in [-0.15, -0.1) is 0 Å². The van der Waals surface area contributed by atoms with Crippen molar-refractivity contribution < 1.29 is 55.2 Å². The second kappa shape index (κ2) is 18.7. The minimum atomic E-state index is -2.43. The number of nitrogens with one attached hydrogen (secondary N) is 1. The first-order chi connectivity index (χ1) is 27.9. The number of halogens is 5. The Balaban J connectivity index is 1.42. The zero-order valence-corrected chi connectivity index (χ0v) is 31.4. The Kier molecular flexibility index (Phi) is 13.5. The van der Waals surface area contributed by atoms with Gasteiger partial charge < -0.3 is 28.4 Å². The lowest BCUT2D eigenvalue weighted by molar-refractivity contribution is -0.156. The molecule has 1 fully saturated rings. The molecular formula is C41H35F5N2O9S. The van der Waals surface area contributed by atoms with Gasteiger partial charge in [-0.3, -0.25) is 14.3 Å². The number of ether oxygens (including phenoxy) is 6. The van der Waals surface area contributed by atoms with E-state index in [1.807, 2.05) is 30.3 Å². The highest BCUT2D eigenvalue weighted by atomic mass is 32.1. The maximum atomic E-state index is 14.8. The van der Waals surface area contributed by atoms with Crippen LogP contribution >= 0.6 is 12.2 Å². The number of carbonyl (C=O) groups is 1. The van der Waals surface area contributed by atoms with E-state index in [9.17, 15) is 36.3 Å². The van der Waals surface area contributed by atoms with Gasteiger partial charge in [0.2, 0.25) is 34.8 Å². The molecule has 4 aromatic carbocycles. The van der Waals surface area contributed by atoms with Gasteiger partial charge in [0.05, 0.1) is 32.0 Å². The van der Waals surface area contributed by atoms with E-state index >= 15 is 0 Å². The molecule has 1 saturated heterocycles. The lowest BCUT2D eigenvalue weighted by Crippen LogP contribution is -2.54. The summed E-state index contributed by atoms with van der Waals surface area (Å²) in [7, 11) is 0. The number of benzene rings is 4. The summed E-state index contributed by atoms with van der Waals surface area (Å²) in [6, 6.07) is 26.1. The Bertz CT molecular complexity index is 2320. The first-order valence-corrected chi connectivity index (χ1v) is 18.2. The molecule has 0 bridgehead atoms. The second-order valence-electron chi connectivity index (χ2n) is 13.1. The van der Waals surface area contributed by atoms with Crippen LogP contribution in [0.1, 0.15) is 46.1 Å². The van der Waals surface area contributed by atoms with E-state index in [-0.39, 0.29) is 44.8 Å². The molecule has 2 heterocycles. The summed E-state index contributed by atoms with van der Waals surface area (Å²) in [5.41, 5.74) is -1.67. The van der Waals surface area contributed by atoms with Gasteiger partial charge in [-0.25, -0.2) is 22.8 Å². The van der Waals surface area contributed by atoms with Crippen LogP contribution in [-0.4, -0.2) is 51.8 Å². The molecule has 1 N–H and O–H groups in total. The van der Waals surface area contributed by atoms with Crippen molar-refractivity contribution in [2.75, 3.05) is 13.2 Å². The molecule has 58 heavy (non-hydrogen) atoms. The molecule has 304 valence electrons. The van der Waals surface area contributed by atoms with Gasteiger partial charge in [0.15, 0.2) is 12.3 Å². The molecule has 0 unspecified atom stereocenters. The Labute approximate surface area is 332 Å². The fraction of sp³-hybridized carbons (Fsp3) is 0.268. The molecule has 0 radical (unpaired) electrons. The number of carbonyl (C=O) groups excluding carboxylic acids is 1. The fourth-order valence-corrected chi connectivity index (χ4v) is 6.55. The van der Waals surface area contributed by atoms with E-state index < -0.39 is 81.3 Å². The molecule has 4 atom stereocenters. The SMILES string of the molecule is Cc1cn([C@@H]2O[C@H](COCc3ccccc3)[C@@](CCCOC(=O)c3ccccc3)(OCc3ccccc3)[C@H]2OC(=S)Oc2c(F)c(F)c(F)c(F)c2F)c(=O)[nH]c1=O. The lowest BCUT2D eigenvalue weighted by atomic mass is 9.86. The van der Waals surface area contributed by atoms with E-state index in [1.54, 1.807) is 60.7 Å². The molecule has 6 rings (SSSR count). The Hall–Kier alpha value is -5.75. The molecule has 0 amide bonds. The van der Waals surface area contributed by atoms with Gasteiger partial charge in [-0.1, -0.05) is 78.9 Å². The van der Waals surface area contributed by atoms with Crippen molar-refractivity contribution in [2.45, 2.75) is 57.0 Å². The molecule has 11 nitrogen and oxygen atoms in total. The van der Waals surface area contributed by atoms with Gasteiger partial charge in [0, 0.05) is 24.0 Å². The van der Waals surface area contributed by atoms with Crippen LogP contribution < -0.4 is 16.0 Å². The average molecular weight is 827 g/mol. The maximum absolute atomic E-state index is 14.8. The number of aromatic amines is 1. The Morgan fingerprint density at radius 1 is 0.828 bits per heavy atom. The van der Waals surface area contributed by atoms with Crippen molar-refractivity contribution in [1.29, 1.82) is 0 Å². The Morgan fingerprint density at radius 2 is 1.40 bits per heavy atom. The van der Waals surface area contributed by atoms with Crippen LogP contribution in [-0.2, 0) is 36.9 Å². The molecule has 5 aromatic rings. The van der Waals surface area contributed by atoms with Crippen molar-refractivity contribution in [3.8, 4) is 5.75 Å². The number of rotatable bonds is 15. The van der Waals surface area contributed by atoms with Crippen molar-refractivity contribution in [3.05, 3.63) is 169 Å². The maximum Gasteiger partial charge on any atom is 0.358 e. The summed E-state index contributed by atoms with van der Waals surface area (Å²) < 4.78 is 109. The van der Waals surface area contributed by atoms with E-state index in [4.69, 9.17) is 40.6 Å². The minimum absolute atomic E-state index is 0.0449. The standard InChI is InChI=1S/C41H35F5N2O9S/c1-24-20-48(39(51)47-36(24)49)37-35(57-40(58)56-34-32(45)30(43)29(42)31(44)33(34)46)41(54-22-26-14-7-3-8-15-26,18-11-19-53-38(50)27-16-9-4-10-17-27)28(55-37)23-52-21-25-12-5-2-6-13-25/h2-10,12-17,20,28,35,37H,11,18-19,21-23H2,1H3,(H,47,49,51)/t28-,35+,37-,41-/m1/s1. The number of thiocarbonyl (C=S) groups is 1. The van der Waals surface area contributed by atoms with E-state index in [0.717, 1.165) is 10.1 Å². The molecule has 17 heteroatoms. The topological polar surface area (TPSA) is 127 Å². The van der Waals surface area contributed by atoms with Crippen LogP contribution in [0.2, 0.25) is 0 Å². The van der Waals surface area contributed by atoms with Gasteiger partial charge >= 0.3 is 16.9 Å². The van der Waals surface area contributed by atoms with Gasteiger partial charge in [-0.05, 0) is 43.0 Å². The molecule has 1 aromatic heterocycles. The number of H-pyrrole nitrogens is 1. The van der Waals surface area contributed by atoms with E-state index in [2.05, 4.69) is 4.98 Å². The number of aromatic nitrogens is 2. The number of hydrogen-bond acceptors (Lipinski definition) is 10. The third-order valence-electron chi connectivity index (χ3n) is 9.27. The third-order valence-corrected chi connectivity index (χ3v) is 9.45. The highest BCUT2D eigenvalue weighted by Gasteiger charge is 2.60. The van der Waals surface area contributed by atoms with Crippen LogP contribution in [0.5, 0.6) is 5.75 Å². The molecule has 1 aliphatic heterocycles. The number of nitrogens with zero attached hydrogens (tertiary/aromatic N) is 1. The summed E-state index contributed by atoms with van der Waals surface area (Å²) in [5, 5.41) is -1.15. The van der Waals surface area contributed by atoms with Crippen molar-refractivity contribution in [2.24, 2.45) is 0 Å². The summed E-state index contributed by atoms with van der Waals surface area (Å²) >= 11 is 5.21. The van der Waals surface area contributed by atoms with E-state index in [1.165, 1.54) is 13.1 Å². The second-order valence-corrected chi connectivity index (χ2v) is 13.5. The monoisotopic (exact) mass is 826 g/mol. The van der Waals surface area contributed by atoms with Crippen LogP contribution in [0.4, 0.5) is 22.0 Å². The molecule has 1 aliphatic rings. The predicted molar refractivity (Wildman–Crippen MR) is 200 cm³/mol. The quantitative estimate of drug-likeness (QED) is 0.0295. The summed E-state index contributed by atoms with van der Waals surface area (Å²) in [6.07, 6.45) is -3.30. The molecule has 0 spiro atoms. The number of aryl methyl sites for hydroxylation is 1. The van der Waals surface area contributed by atoms with Crippen LogP contribution in [0.15, 0.2) is 107 Å². The van der Waals surface area contributed by atoms with Gasteiger partial charge in [0.1, 0.15) is 11.7 Å². The molecule has 0 saturated carbocycles. The summed E-state index contributed by atoms with van der Waals surface area (Å²) in [4.78, 5) is 40.9. The first kappa shape index (κ1) is 41.9. The first-order valence-electron chi connectivity index (χ1n) is 17.8. The van der Waals surface area contributed by atoms with Crippen LogP contribution in [0, 0.1) is 36.0 Å². The minimum Gasteiger partial charge on any atom is -0.462 e. The van der Waals surface area contributed by atoms with Crippen molar-refractivity contribution in [3.63, 3.8) is 0 Å². The zero-order valence-electron chi connectivity index (χ0n) is 30.6. The van der Waals surface area contributed by atoms with Crippen molar-refractivity contribution in [1.82, 2.24) is 9.55 Å². The van der Waals surface area contributed by atoms with Gasteiger partial charge in [0.25, 0.3) is 5.56 Å². The van der Waals surface area contributed by atoms with Gasteiger partial charge in [-0.2, -0.15) is 8.78 Å². The van der Waals surface area contributed by atoms with Crippen molar-refractivity contribution >= 4 is 23.4 Å². The Morgan fingerprint density at radius 3 is 2.02 bits per heavy atom. The van der Waals surface area contributed by atoms with Crippen LogP contribution in [0.25, 0.3) is 0 Å². The summed E-state index contributed by atoms with van der Waals surface area (Å²) in [6.45, 7) is 0.937. The normalized spacial score (nSPS) is 18.8. The highest BCUT2D eigenvalue weighted by molar-refractivity contribution is 7.79. The van der Waals surface area contributed by atoms with Crippen LogP contribution in [0.3, 0.4) is 0 Å². The van der Waals surface area contributed by atoms with E-state index in [0.29, 0.717) is 11.1 Å². The predicted octanol–water partition coefficient (Wildman–Crippen LogP) is 7.00. The smallest absolute Gasteiger partial charge is 0.358 e. The summed E-state index contributed by atoms with van der Waals surface area (Å²) in [5.74, 6) is -14.0. The highest BCUT2D eigenvalue weighted by Crippen LogP contribution is 2.46. The average Bonchev–Trinajstić information content (AvgIpc) is 3.52. The third kappa shape index (κ3) is 9.34. The lowest BCUT2D eigenvalue weighted by Gasteiger charge is -2.38. The fourth-order valence-electron chi connectivity index (χ4n) is 6.36. The largest absolute Gasteiger partial charge is 0.462 e. The zero-order chi connectivity index (χ0) is 41.4.